The minimum absolute atomic E-state index is 0.223. The molecule has 0 fully saturated rings. The number of aryl methyl sites for hydroxylation is 2. The van der Waals surface area contributed by atoms with E-state index in [4.69, 9.17) is 0 Å². The molecule has 0 aliphatic heterocycles. The number of amides is 1. The van der Waals surface area contributed by atoms with Crippen molar-refractivity contribution in [3.63, 3.8) is 0 Å². The van der Waals surface area contributed by atoms with Crippen molar-refractivity contribution in [1.82, 2.24) is 4.98 Å². The van der Waals surface area contributed by atoms with E-state index in [1.807, 2.05) is 39.8 Å². The van der Waals surface area contributed by atoms with Crippen LogP contribution in [0.15, 0.2) is 65.9 Å². The number of carbonyl (C=O) groups excluding carboxylic acids is 1. The number of para-hydroxylation sites is 1. The van der Waals surface area contributed by atoms with Crippen LogP contribution in [0.3, 0.4) is 0 Å². The predicted octanol–water partition coefficient (Wildman–Crippen LogP) is 10.4. The normalized spacial score (nSPS) is 12.4. The largest absolute Gasteiger partial charge is 0.360 e. The Balaban J connectivity index is 1.86. The number of aromatic nitrogens is 1. The second kappa shape index (κ2) is 14.9. The van der Waals surface area contributed by atoms with Crippen LogP contribution in [0.4, 0.5) is 24.5 Å². The number of halogens is 3. The van der Waals surface area contributed by atoms with E-state index in [0.717, 1.165) is 47.5 Å². The van der Waals surface area contributed by atoms with Gasteiger partial charge < -0.3 is 15.6 Å². The van der Waals surface area contributed by atoms with E-state index in [9.17, 15) is 18.0 Å². The van der Waals surface area contributed by atoms with Gasteiger partial charge in [0, 0.05) is 40.6 Å². The first-order valence-electron chi connectivity index (χ1n) is 14.9. The number of nitrogens with one attached hydrogen (secondary N) is 3. The number of benzene rings is 2. The highest BCUT2D eigenvalue weighted by Gasteiger charge is 2.38. The van der Waals surface area contributed by atoms with Gasteiger partial charge in [-0.3, -0.25) is 4.79 Å². The summed E-state index contributed by atoms with van der Waals surface area (Å²) in [5.74, 6) is -4.34. The smallest absolute Gasteiger partial charge is 0.255 e. The predicted molar refractivity (Wildman–Crippen MR) is 169 cm³/mol. The molecule has 226 valence electrons. The fourth-order valence-corrected chi connectivity index (χ4v) is 5.05. The summed E-state index contributed by atoms with van der Waals surface area (Å²) >= 11 is 0. The quantitative estimate of drug-likeness (QED) is 0.131. The molecule has 1 heterocycles. The third-order valence-corrected chi connectivity index (χ3v) is 7.66. The summed E-state index contributed by atoms with van der Waals surface area (Å²) in [5.41, 5.74) is 6.25. The average molecular weight is 580 g/mol. The highest BCUT2D eigenvalue weighted by Crippen LogP contribution is 2.40. The molecule has 0 bridgehead atoms. The Labute approximate surface area is 248 Å². The van der Waals surface area contributed by atoms with Crippen LogP contribution in [0.25, 0.3) is 6.08 Å². The summed E-state index contributed by atoms with van der Waals surface area (Å²) in [6.45, 7) is 11.4. The van der Waals surface area contributed by atoms with Gasteiger partial charge in [0.25, 0.3) is 11.8 Å². The van der Waals surface area contributed by atoms with Gasteiger partial charge in [-0.25, -0.2) is 13.2 Å². The molecular weight excluding hydrogens is 535 g/mol. The van der Waals surface area contributed by atoms with Gasteiger partial charge in [-0.1, -0.05) is 69.9 Å². The minimum Gasteiger partial charge on any atom is -0.360 e. The molecule has 0 spiro atoms. The summed E-state index contributed by atoms with van der Waals surface area (Å²) in [7, 11) is 0. The molecule has 0 aliphatic rings. The highest BCUT2D eigenvalue weighted by molar-refractivity contribution is 6.06. The Morgan fingerprint density at radius 1 is 1.00 bits per heavy atom. The lowest BCUT2D eigenvalue weighted by Crippen LogP contribution is -2.25. The fourth-order valence-electron chi connectivity index (χ4n) is 5.05. The van der Waals surface area contributed by atoms with E-state index < -0.39 is 11.8 Å². The molecule has 3 N–H and O–H groups in total. The van der Waals surface area contributed by atoms with Crippen molar-refractivity contribution in [2.24, 2.45) is 0 Å². The molecule has 0 saturated carbocycles. The highest BCUT2D eigenvalue weighted by atomic mass is 19.3. The van der Waals surface area contributed by atoms with Gasteiger partial charge in [0.15, 0.2) is 0 Å². The number of anilines is 2. The van der Waals surface area contributed by atoms with Crippen LogP contribution in [0.5, 0.6) is 0 Å². The summed E-state index contributed by atoms with van der Waals surface area (Å²) < 4.78 is 43.9. The van der Waals surface area contributed by atoms with Crippen LogP contribution in [0.1, 0.15) is 106 Å². The van der Waals surface area contributed by atoms with E-state index in [0.29, 0.717) is 35.3 Å². The fraction of sp³-hybridized carbons (Fsp3) is 0.400. The van der Waals surface area contributed by atoms with E-state index in [2.05, 4.69) is 22.5 Å². The Morgan fingerprint density at radius 2 is 1.69 bits per heavy atom. The summed E-state index contributed by atoms with van der Waals surface area (Å²) in [6, 6.07) is 13.1. The molecule has 1 aromatic heterocycles. The van der Waals surface area contributed by atoms with E-state index in [1.165, 1.54) is 13.0 Å². The Bertz CT molecular complexity index is 1400. The molecule has 7 heteroatoms. The lowest BCUT2D eigenvalue weighted by Gasteiger charge is -2.26. The molecule has 1 atom stereocenters. The zero-order chi connectivity index (χ0) is 30.9. The first-order valence-corrected chi connectivity index (χ1v) is 14.9. The minimum atomic E-state index is -2.80. The molecule has 0 radical (unpaired) electrons. The number of hydrogen-bond acceptors (Lipinski definition) is 2. The molecule has 1 amide bonds. The van der Waals surface area contributed by atoms with Crippen LogP contribution in [-0.2, 0) is 6.42 Å². The molecule has 0 aliphatic carbocycles. The van der Waals surface area contributed by atoms with E-state index in [1.54, 1.807) is 42.5 Å². The lowest BCUT2D eigenvalue weighted by molar-refractivity contribution is -0.0344. The number of allylic oxidation sites excluding steroid dienone is 2. The van der Waals surface area contributed by atoms with Crippen molar-refractivity contribution in [3.05, 3.63) is 99.8 Å². The number of H-pyrrole nitrogens is 1. The van der Waals surface area contributed by atoms with Gasteiger partial charge in [0.05, 0.1) is 11.4 Å². The zero-order valence-electron chi connectivity index (χ0n) is 25.6. The first-order chi connectivity index (χ1) is 20.0. The number of alkyl halides is 2. The van der Waals surface area contributed by atoms with Crippen molar-refractivity contribution in [2.75, 3.05) is 10.6 Å². The molecule has 1 unspecified atom stereocenters. The van der Waals surface area contributed by atoms with E-state index in [-0.39, 0.29) is 18.1 Å². The van der Waals surface area contributed by atoms with Crippen LogP contribution < -0.4 is 10.6 Å². The second-order valence-corrected chi connectivity index (χ2v) is 11.0. The maximum atomic E-state index is 14.8. The monoisotopic (exact) mass is 579 g/mol. The van der Waals surface area contributed by atoms with Crippen molar-refractivity contribution in [2.45, 2.75) is 91.9 Å². The number of hydrogen-bond donors (Lipinski definition) is 3. The number of aromatic amines is 1. The van der Waals surface area contributed by atoms with Gasteiger partial charge in [-0.15, -0.1) is 0 Å². The molecular formula is C35H44F3N3O. The van der Waals surface area contributed by atoms with Gasteiger partial charge in [-0.2, -0.15) is 0 Å². The topological polar surface area (TPSA) is 56.9 Å². The number of carbonyl (C=O) groups is 1. The molecule has 3 rings (SSSR count). The van der Waals surface area contributed by atoms with Gasteiger partial charge in [0.1, 0.15) is 5.82 Å². The lowest BCUT2D eigenvalue weighted by atomic mass is 9.86. The van der Waals surface area contributed by atoms with Crippen molar-refractivity contribution < 1.29 is 18.0 Å². The number of unbranched alkanes of at least 4 members (excludes halogenated alkanes) is 2. The molecule has 0 saturated heterocycles. The van der Waals surface area contributed by atoms with Crippen molar-refractivity contribution >= 4 is 23.4 Å². The van der Waals surface area contributed by atoms with Gasteiger partial charge in [-0.05, 0) is 75.6 Å². The van der Waals surface area contributed by atoms with Crippen LogP contribution in [0, 0.1) is 12.7 Å². The Morgan fingerprint density at radius 3 is 2.29 bits per heavy atom. The Kier molecular flexibility index (Phi) is 11.7. The molecule has 3 aromatic rings. The molecule has 2 aromatic carbocycles. The number of rotatable bonds is 14. The van der Waals surface area contributed by atoms with Gasteiger partial charge >= 0.3 is 0 Å². The standard InChI is InChI=1S/C35H44F3N3O/c1-7-10-11-14-28(35(37,38)9-3)25-17-19-26(20-18-25)34(42)41-33-27(24(6)39-30(33)8-2)21-22-31(23(4)5)40-32-16-13-12-15-29(32)36/h12-13,15-22,28,39-40H,7-11,14H2,1-6H3,(H,41,42)/b22-21-. The van der Waals surface area contributed by atoms with Crippen molar-refractivity contribution in [3.8, 4) is 0 Å². The second-order valence-electron chi connectivity index (χ2n) is 11.0. The molecule has 42 heavy (non-hydrogen) atoms. The summed E-state index contributed by atoms with van der Waals surface area (Å²) in [4.78, 5) is 16.7. The van der Waals surface area contributed by atoms with Crippen molar-refractivity contribution in [1.29, 1.82) is 0 Å². The first kappa shape index (κ1) is 32.8. The molecule has 4 nitrogen and oxygen atoms in total. The van der Waals surface area contributed by atoms with Crippen LogP contribution >= 0.6 is 0 Å². The summed E-state index contributed by atoms with van der Waals surface area (Å²) in [6.07, 6.45) is 7.25. The van der Waals surface area contributed by atoms with Crippen LogP contribution in [-0.4, -0.2) is 16.8 Å². The third kappa shape index (κ3) is 8.17. The maximum Gasteiger partial charge on any atom is 0.255 e. The van der Waals surface area contributed by atoms with Crippen LogP contribution in [0.2, 0.25) is 0 Å². The average Bonchev–Trinajstić information content (AvgIpc) is 3.27. The maximum absolute atomic E-state index is 14.8. The SMILES string of the molecule is CCCCCC(c1ccc(C(=O)Nc2c(CC)[nH]c(C)c2/C=C\C(Nc2ccccc2F)=C(C)C)cc1)C(F)(F)CC. The summed E-state index contributed by atoms with van der Waals surface area (Å²) in [5, 5.41) is 6.20. The van der Waals surface area contributed by atoms with Gasteiger partial charge in [0.2, 0.25) is 0 Å². The zero-order valence-corrected chi connectivity index (χ0v) is 25.6. The third-order valence-electron chi connectivity index (χ3n) is 7.66. The van der Waals surface area contributed by atoms with E-state index >= 15 is 0 Å². The Hall–Kier alpha value is -3.74.